The molecule has 1 aliphatic rings. The van der Waals surface area contributed by atoms with Gasteiger partial charge in [-0.3, -0.25) is 18.6 Å². The highest BCUT2D eigenvalue weighted by molar-refractivity contribution is 7.81. The van der Waals surface area contributed by atoms with Crippen molar-refractivity contribution in [3.8, 4) is 5.75 Å². The molecule has 1 saturated heterocycles. The van der Waals surface area contributed by atoms with Crippen LogP contribution in [-0.4, -0.2) is 76.5 Å². The van der Waals surface area contributed by atoms with Gasteiger partial charge >= 0.3 is 12.9 Å². The minimum Gasteiger partial charge on any atom is -0.507 e. The molecule has 0 radical (unpaired) electrons. The summed E-state index contributed by atoms with van der Waals surface area (Å²) in [6.45, 7) is 7.54. The van der Waals surface area contributed by atoms with Gasteiger partial charge in [-0.15, -0.1) is 0 Å². The van der Waals surface area contributed by atoms with Gasteiger partial charge in [0, 0.05) is 30.9 Å². The SMILES string of the molecule is CC(C)(C)[Si](C)(C)OC1COP(=O)(Cl)OC1.CN(C)C(=O)COC(=O)c1cc(C=O)ccc1O. The van der Waals surface area contributed by atoms with E-state index < -0.39 is 27.8 Å². The maximum Gasteiger partial charge on any atom is 0.424 e. The fourth-order valence-corrected chi connectivity index (χ4v) is 4.64. The van der Waals surface area contributed by atoms with Crippen LogP contribution in [0.1, 0.15) is 41.5 Å². The van der Waals surface area contributed by atoms with E-state index in [2.05, 4.69) is 33.9 Å². The number of carbonyl (C=O) groups is 3. The molecule has 13 heteroatoms. The van der Waals surface area contributed by atoms with Crippen molar-refractivity contribution >= 4 is 44.7 Å². The molecule has 1 aliphatic heterocycles. The Hall–Kier alpha value is -1.75. The normalized spacial score (nSPS) is 20.5. The van der Waals surface area contributed by atoms with E-state index in [0.29, 0.717) is 6.29 Å². The number of phenols is 1. The van der Waals surface area contributed by atoms with E-state index in [1.54, 1.807) is 0 Å². The molecule has 1 aromatic rings. The van der Waals surface area contributed by atoms with Crippen molar-refractivity contribution in [1.29, 1.82) is 0 Å². The Labute approximate surface area is 205 Å². The summed E-state index contributed by atoms with van der Waals surface area (Å²) in [4.78, 5) is 34.6. The van der Waals surface area contributed by atoms with Crippen molar-refractivity contribution in [2.45, 2.75) is 45.0 Å². The van der Waals surface area contributed by atoms with Gasteiger partial charge in [-0.1, -0.05) is 20.8 Å². The number of rotatable bonds is 6. The van der Waals surface area contributed by atoms with E-state index in [4.69, 9.17) is 29.5 Å². The second kappa shape index (κ2) is 12.3. The van der Waals surface area contributed by atoms with Gasteiger partial charge in [0.05, 0.1) is 19.3 Å². The molecule has 0 bridgehead atoms. The second-order valence-corrected chi connectivity index (χ2v) is 16.7. The lowest BCUT2D eigenvalue weighted by molar-refractivity contribution is -0.131. The standard InChI is InChI=1S/C12H13NO5.C9H20ClO4PSi/c1-13(2)11(16)7-18-12(17)9-5-8(6-14)3-4-10(9)15;1-9(2,3)16(4,5)14-8-6-12-15(10,11)13-7-8/h3-6,15H,7H2,1-2H3;8H,6-7H2,1-5H3. The molecule has 34 heavy (non-hydrogen) atoms. The smallest absolute Gasteiger partial charge is 0.424 e. The molecule has 2 rings (SSSR count). The van der Waals surface area contributed by atoms with Gasteiger partial charge in [0.25, 0.3) is 5.91 Å². The Morgan fingerprint density at radius 3 is 2.29 bits per heavy atom. The van der Waals surface area contributed by atoms with Crippen LogP contribution in [0.2, 0.25) is 18.1 Å². The van der Waals surface area contributed by atoms with Crippen molar-refractivity contribution < 1.29 is 42.3 Å². The molecule has 1 N–H and O–H groups in total. The summed E-state index contributed by atoms with van der Waals surface area (Å²) in [6.07, 6.45) is 0.378. The number of hydrogen-bond donors (Lipinski definition) is 1. The molecule has 0 spiro atoms. The molecule has 0 atom stereocenters. The number of hydrogen-bond acceptors (Lipinski definition) is 9. The Morgan fingerprint density at radius 2 is 1.82 bits per heavy atom. The zero-order valence-electron chi connectivity index (χ0n) is 20.5. The predicted octanol–water partition coefficient (Wildman–Crippen LogP) is 4.22. The third-order valence-electron chi connectivity index (χ3n) is 5.30. The van der Waals surface area contributed by atoms with Crippen molar-refractivity contribution in [1.82, 2.24) is 4.90 Å². The molecule has 192 valence electrons. The Bertz CT molecular complexity index is 921. The summed E-state index contributed by atoms with van der Waals surface area (Å²) in [5.41, 5.74) is 0.0878. The van der Waals surface area contributed by atoms with E-state index in [1.165, 1.54) is 37.2 Å². The second-order valence-electron chi connectivity index (χ2n) is 9.28. The average Bonchev–Trinajstić information content (AvgIpc) is 2.73. The highest BCUT2D eigenvalue weighted by Crippen LogP contribution is 2.56. The third kappa shape index (κ3) is 9.48. The molecule has 10 nitrogen and oxygen atoms in total. The monoisotopic (exact) mass is 537 g/mol. The zero-order valence-corrected chi connectivity index (χ0v) is 23.1. The third-order valence-corrected chi connectivity index (χ3v) is 11.3. The topological polar surface area (TPSA) is 129 Å². The molecule has 1 aromatic carbocycles. The highest BCUT2D eigenvalue weighted by Gasteiger charge is 2.41. The summed E-state index contributed by atoms with van der Waals surface area (Å²) < 4.78 is 31.9. The fraction of sp³-hybridized carbons (Fsp3) is 0.571. The molecule has 1 amide bonds. The van der Waals surface area contributed by atoms with Gasteiger partial charge in [0.1, 0.15) is 17.6 Å². The summed E-state index contributed by atoms with van der Waals surface area (Å²) in [5.74, 6) is -1.54. The van der Waals surface area contributed by atoms with Gasteiger partial charge in [0.2, 0.25) is 0 Å². The van der Waals surface area contributed by atoms with E-state index >= 15 is 0 Å². The van der Waals surface area contributed by atoms with Crippen LogP contribution in [0.5, 0.6) is 5.75 Å². The Balaban J connectivity index is 0.000000342. The first-order chi connectivity index (χ1) is 15.5. The minimum absolute atomic E-state index is 0.134. The van der Waals surface area contributed by atoms with Crippen LogP contribution in [0.4, 0.5) is 0 Å². The van der Waals surface area contributed by atoms with E-state index in [0.717, 1.165) is 0 Å². The lowest BCUT2D eigenvalue weighted by Gasteiger charge is -2.40. The summed E-state index contributed by atoms with van der Waals surface area (Å²) in [6, 6.07) is 3.78. The molecule has 0 aliphatic carbocycles. The van der Waals surface area contributed by atoms with Gasteiger partial charge < -0.3 is 19.2 Å². The number of carbonyl (C=O) groups excluding carboxylic acids is 3. The van der Waals surface area contributed by atoms with Crippen molar-refractivity contribution in [2.24, 2.45) is 0 Å². The number of phenolic OH excluding ortho intramolecular Hbond substituents is 1. The molecule has 0 aromatic heterocycles. The number of ether oxygens (including phenoxy) is 1. The van der Waals surface area contributed by atoms with Gasteiger partial charge in [-0.2, -0.15) is 0 Å². The number of aromatic hydroxyl groups is 1. The molecule has 0 saturated carbocycles. The van der Waals surface area contributed by atoms with Crippen LogP contribution >= 0.6 is 18.2 Å². The molecule has 1 fully saturated rings. The predicted molar refractivity (Wildman–Crippen MR) is 130 cm³/mol. The van der Waals surface area contributed by atoms with Crippen LogP contribution in [-0.2, 0) is 27.6 Å². The van der Waals surface area contributed by atoms with Crippen LogP contribution in [0, 0.1) is 0 Å². The largest absolute Gasteiger partial charge is 0.507 e. The number of esters is 1. The van der Waals surface area contributed by atoms with Crippen LogP contribution in [0.15, 0.2) is 18.2 Å². The Morgan fingerprint density at radius 1 is 1.26 bits per heavy atom. The Kier molecular flexibility index (Phi) is 10.9. The number of likely N-dealkylation sites (N-methyl/N-ethyl adjacent to an activating group) is 1. The van der Waals surface area contributed by atoms with Crippen LogP contribution in [0.25, 0.3) is 0 Å². The molecular weight excluding hydrogens is 505 g/mol. The number of benzene rings is 1. The lowest BCUT2D eigenvalue weighted by Crippen LogP contribution is -2.46. The van der Waals surface area contributed by atoms with Gasteiger partial charge in [-0.05, 0) is 36.3 Å². The lowest BCUT2D eigenvalue weighted by atomic mass is 10.1. The number of halogens is 1. The van der Waals surface area contributed by atoms with Crippen molar-refractivity contribution in [3.63, 3.8) is 0 Å². The molecule has 0 unspecified atom stereocenters. The number of aldehydes is 1. The molecule has 1 heterocycles. The average molecular weight is 538 g/mol. The quantitative estimate of drug-likeness (QED) is 0.245. The first kappa shape index (κ1) is 30.3. The fourth-order valence-electron chi connectivity index (χ4n) is 2.22. The van der Waals surface area contributed by atoms with Crippen molar-refractivity contribution in [2.75, 3.05) is 33.9 Å². The van der Waals surface area contributed by atoms with Crippen molar-refractivity contribution in [3.05, 3.63) is 29.3 Å². The maximum absolute atomic E-state index is 11.6. The maximum atomic E-state index is 11.6. The van der Waals surface area contributed by atoms with Gasteiger partial charge in [0.15, 0.2) is 14.9 Å². The number of nitrogens with zero attached hydrogens (tertiary/aromatic N) is 1. The van der Waals surface area contributed by atoms with E-state index in [1.807, 2.05) is 0 Å². The summed E-state index contributed by atoms with van der Waals surface area (Å²) >= 11 is 5.47. The number of amides is 1. The zero-order chi connectivity index (χ0) is 26.3. The minimum atomic E-state index is -3.32. The van der Waals surface area contributed by atoms with E-state index in [-0.39, 0.29) is 47.1 Å². The summed E-state index contributed by atoms with van der Waals surface area (Å²) in [7, 11) is 1.23. The summed E-state index contributed by atoms with van der Waals surface area (Å²) in [5, 5.41) is 9.60. The first-order valence-electron chi connectivity index (χ1n) is 10.4. The molecular formula is C21H33ClNO9PSi. The van der Waals surface area contributed by atoms with Crippen LogP contribution < -0.4 is 0 Å². The van der Waals surface area contributed by atoms with Crippen LogP contribution in [0.3, 0.4) is 0 Å². The first-order valence-corrected chi connectivity index (χ1v) is 15.8. The van der Waals surface area contributed by atoms with E-state index in [9.17, 15) is 24.1 Å². The van der Waals surface area contributed by atoms with Gasteiger partial charge in [-0.25, -0.2) is 9.36 Å². The highest BCUT2D eigenvalue weighted by atomic mass is 35.7.